The molecule has 1 fully saturated rings. The Morgan fingerprint density at radius 1 is 1.19 bits per heavy atom. The number of likely N-dealkylation sites (tertiary alicyclic amines) is 1. The molecule has 0 aliphatic carbocycles. The topological polar surface area (TPSA) is 47.7 Å². The van der Waals surface area contributed by atoms with Gasteiger partial charge in [-0.25, -0.2) is 0 Å². The second-order valence-corrected chi connectivity index (χ2v) is 5.69. The van der Waals surface area contributed by atoms with Gasteiger partial charge in [-0.2, -0.15) is 0 Å². The lowest BCUT2D eigenvalue weighted by Crippen LogP contribution is -2.44. The van der Waals surface area contributed by atoms with Gasteiger partial charge in [0.1, 0.15) is 11.5 Å². The molecule has 1 aromatic rings. The molecule has 21 heavy (non-hydrogen) atoms. The minimum absolute atomic E-state index is 0.235. The van der Waals surface area contributed by atoms with Gasteiger partial charge in [0.05, 0.1) is 14.2 Å². The fraction of sp³-hybridized carbons (Fsp3) is 0.647. The van der Waals surface area contributed by atoms with E-state index in [0.717, 1.165) is 18.0 Å². The zero-order chi connectivity index (χ0) is 15.2. The molecular formula is C17H28N2O2. The minimum Gasteiger partial charge on any atom is -0.497 e. The first-order chi connectivity index (χ1) is 10.2. The van der Waals surface area contributed by atoms with E-state index in [1.165, 1.54) is 31.2 Å². The van der Waals surface area contributed by atoms with E-state index in [4.69, 9.17) is 15.2 Å². The van der Waals surface area contributed by atoms with Crippen LogP contribution >= 0.6 is 0 Å². The average molecular weight is 292 g/mol. The quantitative estimate of drug-likeness (QED) is 0.875. The fourth-order valence-corrected chi connectivity index (χ4v) is 3.36. The Labute approximate surface area is 128 Å². The van der Waals surface area contributed by atoms with Crippen LogP contribution in [-0.2, 0) is 0 Å². The highest BCUT2D eigenvalue weighted by atomic mass is 16.5. The summed E-state index contributed by atoms with van der Waals surface area (Å²) in [5.41, 5.74) is 7.30. The third-order valence-electron chi connectivity index (χ3n) is 4.53. The Morgan fingerprint density at radius 3 is 2.38 bits per heavy atom. The highest BCUT2D eigenvalue weighted by Gasteiger charge is 2.28. The molecule has 2 unspecified atom stereocenters. The van der Waals surface area contributed by atoms with Gasteiger partial charge in [-0.1, -0.05) is 13.3 Å². The van der Waals surface area contributed by atoms with Crippen molar-refractivity contribution in [1.82, 2.24) is 4.90 Å². The van der Waals surface area contributed by atoms with Crippen molar-refractivity contribution in [2.24, 2.45) is 5.73 Å². The average Bonchev–Trinajstić information content (AvgIpc) is 2.55. The molecule has 1 aromatic carbocycles. The van der Waals surface area contributed by atoms with E-state index < -0.39 is 0 Å². The van der Waals surface area contributed by atoms with Crippen LogP contribution in [0.5, 0.6) is 11.5 Å². The molecule has 0 amide bonds. The minimum atomic E-state index is 0.235. The van der Waals surface area contributed by atoms with Crippen LogP contribution in [0.15, 0.2) is 18.2 Å². The number of hydrogen-bond acceptors (Lipinski definition) is 4. The molecule has 1 heterocycles. The van der Waals surface area contributed by atoms with E-state index in [1.807, 2.05) is 6.07 Å². The first kappa shape index (κ1) is 16.1. The number of piperidine rings is 1. The molecule has 2 atom stereocenters. The molecule has 2 rings (SSSR count). The molecule has 0 spiro atoms. The zero-order valence-electron chi connectivity index (χ0n) is 13.5. The van der Waals surface area contributed by atoms with Gasteiger partial charge in [0.2, 0.25) is 0 Å². The van der Waals surface area contributed by atoms with Gasteiger partial charge in [0.15, 0.2) is 0 Å². The van der Waals surface area contributed by atoms with Crippen LogP contribution in [-0.4, -0.2) is 38.3 Å². The number of methoxy groups -OCH3 is 2. The second kappa shape index (κ2) is 7.66. The van der Waals surface area contributed by atoms with Gasteiger partial charge in [-0.05, 0) is 43.5 Å². The van der Waals surface area contributed by atoms with Crippen LogP contribution < -0.4 is 15.2 Å². The lowest BCUT2D eigenvalue weighted by molar-refractivity contribution is 0.0947. The first-order valence-electron chi connectivity index (χ1n) is 7.92. The summed E-state index contributed by atoms with van der Waals surface area (Å²) in [6.07, 6.45) is 5.04. The maximum Gasteiger partial charge on any atom is 0.122 e. The molecule has 1 saturated heterocycles. The molecule has 4 heteroatoms. The van der Waals surface area contributed by atoms with Crippen molar-refractivity contribution in [3.05, 3.63) is 23.8 Å². The number of ether oxygens (including phenoxy) is 2. The van der Waals surface area contributed by atoms with Crippen molar-refractivity contribution >= 4 is 0 Å². The lowest BCUT2D eigenvalue weighted by atomic mass is 9.94. The Bertz CT molecular complexity index is 428. The second-order valence-electron chi connectivity index (χ2n) is 5.69. The number of benzene rings is 1. The number of rotatable bonds is 6. The standard InChI is InChI=1S/C17H28N2O2/c1-4-14-7-5-6-8-19(14)17(12-18)13-9-15(20-2)11-16(10-13)21-3/h9-11,14,17H,4-8,12,18H2,1-3H3. The summed E-state index contributed by atoms with van der Waals surface area (Å²) in [6.45, 7) is 4.01. The van der Waals surface area contributed by atoms with E-state index >= 15 is 0 Å². The third kappa shape index (κ3) is 3.69. The van der Waals surface area contributed by atoms with Crippen LogP contribution in [0.25, 0.3) is 0 Å². The summed E-state index contributed by atoms with van der Waals surface area (Å²) in [7, 11) is 3.37. The van der Waals surface area contributed by atoms with Crippen LogP contribution in [0.1, 0.15) is 44.2 Å². The highest BCUT2D eigenvalue weighted by Crippen LogP contribution is 2.33. The summed E-state index contributed by atoms with van der Waals surface area (Å²) in [6, 6.07) is 6.94. The van der Waals surface area contributed by atoms with Crippen LogP contribution in [0.3, 0.4) is 0 Å². The highest BCUT2D eigenvalue weighted by molar-refractivity contribution is 5.40. The van der Waals surface area contributed by atoms with Crippen LogP contribution in [0.4, 0.5) is 0 Å². The molecular weight excluding hydrogens is 264 g/mol. The van der Waals surface area contributed by atoms with E-state index in [9.17, 15) is 0 Å². The lowest BCUT2D eigenvalue weighted by Gasteiger charge is -2.41. The van der Waals surface area contributed by atoms with E-state index in [0.29, 0.717) is 12.6 Å². The smallest absolute Gasteiger partial charge is 0.122 e. The zero-order valence-corrected chi connectivity index (χ0v) is 13.5. The molecule has 0 bridgehead atoms. The van der Waals surface area contributed by atoms with Crippen molar-refractivity contribution in [3.63, 3.8) is 0 Å². The predicted octanol–water partition coefficient (Wildman–Crippen LogP) is 2.97. The fourth-order valence-electron chi connectivity index (χ4n) is 3.36. The molecule has 0 aromatic heterocycles. The van der Waals surface area contributed by atoms with E-state index in [2.05, 4.69) is 24.0 Å². The van der Waals surface area contributed by atoms with Crippen molar-refractivity contribution in [3.8, 4) is 11.5 Å². The first-order valence-corrected chi connectivity index (χ1v) is 7.92. The number of hydrogen-bond donors (Lipinski definition) is 1. The van der Waals surface area contributed by atoms with Crippen LogP contribution in [0.2, 0.25) is 0 Å². The van der Waals surface area contributed by atoms with Gasteiger partial charge in [0, 0.05) is 24.7 Å². The van der Waals surface area contributed by atoms with Crippen molar-refractivity contribution in [1.29, 1.82) is 0 Å². The maximum atomic E-state index is 6.11. The summed E-state index contributed by atoms with van der Waals surface area (Å²) in [5, 5.41) is 0. The van der Waals surface area contributed by atoms with Gasteiger partial charge < -0.3 is 15.2 Å². The Kier molecular flexibility index (Phi) is 5.88. The van der Waals surface area contributed by atoms with E-state index in [1.54, 1.807) is 14.2 Å². The van der Waals surface area contributed by atoms with Gasteiger partial charge >= 0.3 is 0 Å². The van der Waals surface area contributed by atoms with Crippen LogP contribution in [0, 0.1) is 0 Å². The number of nitrogens with two attached hydrogens (primary N) is 1. The number of nitrogens with zero attached hydrogens (tertiary/aromatic N) is 1. The van der Waals surface area contributed by atoms with Gasteiger partial charge in [0.25, 0.3) is 0 Å². The summed E-state index contributed by atoms with van der Waals surface area (Å²) in [5.74, 6) is 1.65. The largest absolute Gasteiger partial charge is 0.497 e. The summed E-state index contributed by atoms with van der Waals surface area (Å²) < 4.78 is 10.8. The van der Waals surface area contributed by atoms with Crippen molar-refractivity contribution in [2.75, 3.05) is 27.3 Å². The molecule has 2 N–H and O–H groups in total. The molecule has 4 nitrogen and oxygen atoms in total. The molecule has 118 valence electrons. The van der Waals surface area contributed by atoms with E-state index in [-0.39, 0.29) is 6.04 Å². The Hall–Kier alpha value is -1.26. The molecule has 1 aliphatic rings. The molecule has 0 saturated carbocycles. The SMILES string of the molecule is CCC1CCCCN1C(CN)c1cc(OC)cc(OC)c1. The maximum absolute atomic E-state index is 6.11. The monoisotopic (exact) mass is 292 g/mol. The normalized spacial score (nSPS) is 21.0. The molecule has 0 radical (unpaired) electrons. The van der Waals surface area contributed by atoms with Crippen molar-refractivity contribution < 1.29 is 9.47 Å². The van der Waals surface area contributed by atoms with Crippen molar-refractivity contribution in [2.45, 2.75) is 44.7 Å². The third-order valence-corrected chi connectivity index (χ3v) is 4.53. The van der Waals surface area contributed by atoms with Gasteiger partial charge in [-0.3, -0.25) is 4.90 Å². The Morgan fingerprint density at radius 2 is 1.86 bits per heavy atom. The summed E-state index contributed by atoms with van der Waals surface area (Å²) >= 11 is 0. The molecule has 1 aliphatic heterocycles. The Balaban J connectivity index is 2.31. The summed E-state index contributed by atoms with van der Waals surface area (Å²) in [4.78, 5) is 2.57. The predicted molar refractivity (Wildman–Crippen MR) is 86.0 cm³/mol. The van der Waals surface area contributed by atoms with Gasteiger partial charge in [-0.15, -0.1) is 0 Å².